The summed E-state index contributed by atoms with van der Waals surface area (Å²) < 4.78 is 9.63. The first kappa shape index (κ1) is 22.5. The second-order valence-corrected chi connectivity index (χ2v) is 5.84. The Morgan fingerprint density at radius 2 is 1.68 bits per heavy atom. The number of hydrogen-bond acceptors (Lipinski definition) is 7. The summed E-state index contributed by atoms with van der Waals surface area (Å²) in [7, 11) is 1.17. The first-order chi connectivity index (χ1) is 13.5. The fourth-order valence-corrected chi connectivity index (χ4v) is 2.42. The molecule has 0 aliphatic rings. The molecule has 2 N–H and O–H groups in total. The van der Waals surface area contributed by atoms with Crippen LogP contribution in [0.1, 0.15) is 31.2 Å². The summed E-state index contributed by atoms with van der Waals surface area (Å²) in [5, 5.41) is 22.7. The van der Waals surface area contributed by atoms with Crippen molar-refractivity contribution in [3.63, 3.8) is 0 Å². The maximum Gasteiger partial charge on any atom is 0.408 e. The van der Waals surface area contributed by atoms with Crippen molar-refractivity contribution >= 4 is 18.0 Å². The summed E-state index contributed by atoms with van der Waals surface area (Å²) in [5.41, 5.74) is -0.805. The van der Waals surface area contributed by atoms with E-state index in [1.807, 2.05) is 18.2 Å². The van der Waals surface area contributed by atoms with Crippen LogP contribution >= 0.6 is 0 Å². The highest BCUT2D eigenvalue weighted by molar-refractivity contribution is 5.92. The number of alkyl carbamates (subject to hydrolysis) is 1. The largest absolute Gasteiger partial charge is 0.468 e. The first-order valence-electron chi connectivity index (χ1n) is 8.55. The number of rotatable bonds is 10. The van der Waals surface area contributed by atoms with E-state index in [0.717, 1.165) is 5.56 Å². The molecular weight excluding hydrogens is 364 g/mol. The molecule has 1 rings (SSSR count). The minimum absolute atomic E-state index is 0.0109. The zero-order valence-corrected chi connectivity index (χ0v) is 15.6. The number of benzene rings is 1. The molecule has 0 atom stereocenters. The number of ether oxygens (including phenoxy) is 2. The Hall–Kier alpha value is -3.59. The smallest absolute Gasteiger partial charge is 0.408 e. The standard InChI is InChI=1S/C19H22N4O5/c1-27-16(24)13-22-17(25)19(9-5-11-20,10-6-12-21)23-18(26)28-14-15-7-3-2-4-8-15/h2-4,7-8H,5-6,9-10,13-14H2,1H3,(H,22,25)(H,23,26). The van der Waals surface area contributed by atoms with Crippen molar-refractivity contribution in [3.05, 3.63) is 35.9 Å². The molecule has 0 radical (unpaired) electrons. The van der Waals surface area contributed by atoms with E-state index < -0.39 is 30.1 Å². The Balaban J connectivity index is 2.90. The molecule has 0 spiro atoms. The number of carbonyl (C=O) groups excluding carboxylic acids is 3. The summed E-state index contributed by atoms with van der Waals surface area (Å²) in [6, 6.07) is 12.8. The molecule has 0 aliphatic carbocycles. The van der Waals surface area contributed by atoms with Gasteiger partial charge in [-0.3, -0.25) is 9.59 Å². The van der Waals surface area contributed by atoms with Crippen molar-refractivity contribution in [3.8, 4) is 12.1 Å². The molecule has 148 valence electrons. The van der Waals surface area contributed by atoms with Gasteiger partial charge in [0.25, 0.3) is 0 Å². The molecule has 0 unspecified atom stereocenters. The lowest BCUT2D eigenvalue weighted by Gasteiger charge is -2.31. The number of amides is 2. The van der Waals surface area contributed by atoms with Crippen LogP contribution in [0.15, 0.2) is 30.3 Å². The lowest BCUT2D eigenvalue weighted by Crippen LogP contribution is -2.59. The van der Waals surface area contributed by atoms with Gasteiger partial charge in [0.1, 0.15) is 18.7 Å². The average molecular weight is 386 g/mol. The molecule has 9 nitrogen and oxygen atoms in total. The summed E-state index contributed by atoms with van der Waals surface area (Å²) in [6.07, 6.45) is -1.04. The molecule has 0 aliphatic heterocycles. The second kappa shape index (κ2) is 11.9. The third-order valence-electron chi connectivity index (χ3n) is 3.94. The molecule has 1 aromatic carbocycles. The second-order valence-electron chi connectivity index (χ2n) is 5.84. The summed E-state index contributed by atoms with van der Waals surface area (Å²) in [4.78, 5) is 36.3. The summed E-state index contributed by atoms with van der Waals surface area (Å²) >= 11 is 0. The predicted molar refractivity (Wildman–Crippen MR) is 97.2 cm³/mol. The van der Waals surface area contributed by atoms with E-state index in [1.54, 1.807) is 24.3 Å². The number of hydrogen-bond donors (Lipinski definition) is 2. The van der Waals surface area contributed by atoms with E-state index in [-0.39, 0.29) is 32.3 Å². The first-order valence-corrected chi connectivity index (χ1v) is 8.55. The van der Waals surface area contributed by atoms with E-state index >= 15 is 0 Å². The molecule has 2 amide bonds. The van der Waals surface area contributed by atoms with Crippen LogP contribution in [0.25, 0.3) is 0 Å². The Morgan fingerprint density at radius 3 is 2.21 bits per heavy atom. The van der Waals surface area contributed by atoms with Gasteiger partial charge < -0.3 is 20.1 Å². The van der Waals surface area contributed by atoms with Gasteiger partial charge in [-0.2, -0.15) is 10.5 Å². The average Bonchev–Trinajstić information content (AvgIpc) is 2.72. The minimum atomic E-state index is -1.56. The number of nitriles is 2. The SMILES string of the molecule is COC(=O)CNC(=O)C(CCC#N)(CCC#N)NC(=O)OCc1ccccc1. The van der Waals surface area contributed by atoms with Crippen molar-refractivity contribution < 1.29 is 23.9 Å². The molecule has 0 bridgehead atoms. The quantitative estimate of drug-likeness (QED) is 0.581. The molecule has 9 heteroatoms. The number of carbonyl (C=O) groups is 3. The number of nitrogens with zero attached hydrogens (tertiary/aromatic N) is 2. The van der Waals surface area contributed by atoms with Crippen LogP contribution in [0.4, 0.5) is 4.79 Å². The van der Waals surface area contributed by atoms with Crippen molar-refractivity contribution in [2.24, 2.45) is 0 Å². The fraction of sp³-hybridized carbons (Fsp3) is 0.421. The zero-order valence-electron chi connectivity index (χ0n) is 15.6. The Morgan fingerprint density at radius 1 is 1.07 bits per heavy atom. The normalized spacial score (nSPS) is 10.1. The molecule has 0 saturated carbocycles. The molecule has 0 saturated heterocycles. The number of esters is 1. The lowest BCUT2D eigenvalue weighted by atomic mass is 9.87. The van der Waals surface area contributed by atoms with Crippen molar-refractivity contribution in [1.29, 1.82) is 10.5 Å². The Bertz CT molecular complexity index is 734. The van der Waals surface area contributed by atoms with Crippen LogP contribution in [0.3, 0.4) is 0 Å². The Kier molecular flexibility index (Phi) is 9.55. The highest BCUT2D eigenvalue weighted by atomic mass is 16.5. The van der Waals surface area contributed by atoms with Crippen LogP contribution in [0.5, 0.6) is 0 Å². The van der Waals surface area contributed by atoms with Crippen LogP contribution < -0.4 is 10.6 Å². The van der Waals surface area contributed by atoms with Gasteiger partial charge in [0.15, 0.2) is 0 Å². The molecular formula is C19H22N4O5. The van der Waals surface area contributed by atoms with Gasteiger partial charge in [-0.15, -0.1) is 0 Å². The lowest BCUT2D eigenvalue weighted by molar-refractivity contribution is -0.142. The third kappa shape index (κ3) is 7.34. The van der Waals surface area contributed by atoms with Gasteiger partial charge in [-0.25, -0.2) is 4.79 Å². The number of nitrogens with one attached hydrogen (secondary N) is 2. The maximum absolute atomic E-state index is 12.7. The van der Waals surface area contributed by atoms with Gasteiger partial charge in [0, 0.05) is 12.8 Å². The number of methoxy groups -OCH3 is 1. The van der Waals surface area contributed by atoms with Crippen molar-refractivity contribution in [2.75, 3.05) is 13.7 Å². The van der Waals surface area contributed by atoms with E-state index in [2.05, 4.69) is 15.4 Å². The van der Waals surface area contributed by atoms with Crippen molar-refractivity contribution in [1.82, 2.24) is 10.6 Å². The molecule has 0 heterocycles. The molecule has 0 aromatic heterocycles. The van der Waals surface area contributed by atoms with Gasteiger partial charge in [0.05, 0.1) is 19.2 Å². The van der Waals surface area contributed by atoms with Crippen LogP contribution in [0, 0.1) is 22.7 Å². The molecule has 0 fully saturated rings. The van der Waals surface area contributed by atoms with E-state index in [0.29, 0.717) is 0 Å². The monoisotopic (exact) mass is 386 g/mol. The van der Waals surface area contributed by atoms with Crippen LogP contribution in [0.2, 0.25) is 0 Å². The van der Waals surface area contributed by atoms with Gasteiger partial charge >= 0.3 is 12.1 Å². The maximum atomic E-state index is 12.7. The van der Waals surface area contributed by atoms with Gasteiger partial charge in [-0.05, 0) is 18.4 Å². The predicted octanol–water partition coefficient (Wildman–Crippen LogP) is 1.55. The molecule has 28 heavy (non-hydrogen) atoms. The third-order valence-corrected chi connectivity index (χ3v) is 3.94. The van der Waals surface area contributed by atoms with E-state index in [1.165, 1.54) is 7.11 Å². The highest BCUT2D eigenvalue weighted by Crippen LogP contribution is 2.21. The summed E-state index contributed by atoms with van der Waals surface area (Å²) in [5.74, 6) is -1.37. The Labute approximate surface area is 163 Å². The topological polar surface area (TPSA) is 141 Å². The van der Waals surface area contributed by atoms with Crippen LogP contribution in [-0.4, -0.2) is 37.2 Å². The summed E-state index contributed by atoms with van der Waals surface area (Å²) in [6.45, 7) is -0.417. The highest BCUT2D eigenvalue weighted by Gasteiger charge is 2.40. The molecule has 1 aromatic rings. The van der Waals surface area contributed by atoms with Gasteiger partial charge in [0.2, 0.25) is 5.91 Å². The van der Waals surface area contributed by atoms with Crippen molar-refractivity contribution in [2.45, 2.75) is 37.8 Å². The fourth-order valence-electron chi connectivity index (χ4n) is 2.42. The van der Waals surface area contributed by atoms with Gasteiger partial charge in [-0.1, -0.05) is 30.3 Å². The van der Waals surface area contributed by atoms with Crippen LogP contribution in [-0.2, 0) is 25.7 Å². The zero-order chi connectivity index (χ0) is 20.8. The van der Waals surface area contributed by atoms with E-state index in [4.69, 9.17) is 15.3 Å². The minimum Gasteiger partial charge on any atom is -0.468 e. The van der Waals surface area contributed by atoms with E-state index in [9.17, 15) is 14.4 Å².